The maximum Gasteiger partial charge on any atom is 0.0862 e. The zero-order valence-corrected chi connectivity index (χ0v) is 16.9. The largest absolute Gasteiger partial charge is 0.275 e. The number of halogens is 2. The molecule has 0 radical (unpaired) electrons. The Morgan fingerprint density at radius 2 is 1.63 bits per heavy atom. The highest BCUT2D eigenvalue weighted by molar-refractivity contribution is 7.80. The van der Waals surface area contributed by atoms with Crippen molar-refractivity contribution in [1.29, 1.82) is 0 Å². The number of fused-ring (bicyclic) bond motifs is 1. The zero-order valence-electron chi connectivity index (χ0n) is 14.5. The first-order chi connectivity index (χ1) is 13.1. The Kier molecular flexibility index (Phi) is 5.40. The van der Waals surface area contributed by atoms with E-state index < -0.39 is 0 Å². The molecule has 0 fully saturated rings. The number of nitrogens with zero attached hydrogens (tertiary/aromatic N) is 1. The second-order valence-electron chi connectivity index (χ2n) is 6.61. The molecule has 0 aliphatic carbocycles. The Balaban J connectivity index is 1.86. The van der Waals surface area contributed by atoms with Gasteiger partial charge in [0.25, 0.3) is 0 Å². The zero-order chi connectivity index (χ0) is 18.8. The molecule has 1 nitrogen and oxygen atoms in total. The molecule has 134 valence electrons. The summed E-state index contributed by atoms with van der Waals surface area (Å²) in [6, 6.07) is 24.0. The molecule has 3 aromatic carbocycles. The molecule has 0 amide bonds. The quantitative estimate of drug-likeness (QED) is 0.457. The van der Waals surface area contributed by atoms with Crippen LogP contribution in [0, 0.1) is 0 Å². The van der Waals surface area contributed by atoms with Gasteiger partial charge in [-0.25, -0.2) is 0 Å². The lowest BCUT2D eigenvalue weighted by Crippen LogP contribution is -2.21. The minimum absolute atomic E-state index is 0.0835. The van der Waals surface area contributed by atoms with Gasteiger partial charge in [0, 0.05) is 32.5 Å². The summed E-state index contributed by atoms with van der Waals surface area (Å²) in [6.45, 7) is 0. The summed E-state index contributed by atoms with van der Waals surface area (Å²) in [5, 5.41) is 1.36. The third-order valence-electron chi connectivity index (χ3n) is 4.75. The van der Waals surface area contributed by atoms with E-state index in [0.717, 1.165) is 33.7 Å². The number of rotatable bonds is 3. The molecule has 1 aliphatic rings. The highest BCUT2D eigenvalue weighted by Crippen LogP contribution is 2.29. The highest BCUT2D eigenvalue weighted by atomic mass is 35.5. The molecule has 0 N–H and O–H groups in total. The fourth-order valence-electron chi connectivity index (χ4n) is 3.39. The maximum atomic E-state index is 6.51. The number of aliphatic imine (C=N–C) groups is 1. The number of hydrogen-bond donors (Lipinski definition) is 0. The smallest absolute Gasteiger partial charge is 0.0862 e. The molecular formula is C23H17Cl2NS. The van der Waals surface area contributed by atoms with Crippen LogP contribution in [0.5, 0.6) is 0 Å². The van der Waals surface area contributed by atoms with Crippen LogP contribution in [0.1, 0.15) is 22.3 Å². The van der Waals surface area contributed by atoms with Gasteiger partial charge in [0.05, 0.1) is 11.8 Å². The number of thiocarbonyl (C=S) groups is 1. The average Bonchev–Trinajstić information content (AvgIpc) is 2.80. The van der Waals surface area contributed by atoms with Crippen molar-refractivity contribution in [3.63, 3.8) is 0 Å². The second-order valence-corrected chi connectivity index (χ2v) is 7.98. The van der Waals surface area contributed by atoms with Gasteiger partial charge in [-0.3, -0.25) is 4.99 Å². The third-order valence-corrected chi connectivity index (χ3v) is 5.73. The van der Waals surface area contributed by atoms with E-state index in [-0.39, 0.29) is 6.04 Å². The van der Waals surface area contributed by atoms with Crippen LogP contribution in [-0.4, -0.2) is 16.6 Å². The van der Waals surface area contributed by atoms with Crippen LogP contribution in [0.3, 0.4) is 0 Å². The molecule has 1 unspecified atom stereocenters. The van der Waals surface area contributed by atoms with E-state index in [1.807, 2.05) is 60.7 Å². The minimum atomic E-state index is -0.0835. The monoisotopic (exact) mass is 409 g/mol. The van der Waals surface area contributed by atoms with E-state index in [4.69, 9.17) is 40.4 Å². The van der Waals surface area contributed by atoms with E-state index in [1.165, 1.54) is 5.56 Å². The summed E-state index contributed by atoms with van der Waals surface area (Å²) in [4.78, 5) is 6.03. The van der Waals surface area contributed by atoms with Crippen molar-refractivity contribution in [3.8, 4) is 0 Å². The van der Waals surface area contributed by atoms with E-state index in [2.05, 4.69) is 12.1 Å². The van der Waals surface area contributed by atoms with Crippen LogP contribution in [-0.2, 0) is 12.8 Å². The van der Waals surface area contributed by atoms with Crippen molar-refractivity contribution >= 4 is 46.0 Å². The predicted molar refractivity (Wildman–Crippen MR) is 119 cm³/mol. The Morgan fingerprint density at radius 3 is 2.41 bits per heavy atom. The van der Waals surface area contributed by atoms with Gasteiger partial charge < -0.3 is 0 Å². The third kappa shape index (κ3) is 3.98. The Morgan fingerprint density at radius 1 is 0.889 bits per heavy atom. The molecule has 4 rings (SSSR count). The van der Waals surface area contributed by atoms with E-state index in [0.29, 0.717) is 16.5 Å². The fraction of sp³-hybridized carbons (Fsp3) is 0.130. The van der Waals surface area contributed by atoms with E-state index >= 15 is 0 Å². The summed E-state index contributed by atoms with van der Waals surface area (Å²) in [7, 11) is 0. The number of hydrogen-bond acceptors (Lipinski definition) is 2. The second kappa shape index (κ2) is 7.93. The van der Waals surface area contributed by atoms with Gasteiger partial charge in [0.2, 0.25) is 0 Å². The predicted octanol–water partition coefficient (Wildman–Crippen LogP) is 6.37. The van der Waals surface area contributed by atoms with Gasteiger partial charge in [-0.2, -0.15) is 0 Å². The highest BCUT2D eigenvalue weighted by Gasteiger charge is 2.25. The SMILES string of the molecule is S=C1Cc2ccc(Cl)cc2C(c2ccccc2Cl)=NC1Cc1ccccc1. The van der Waals surface area contributed by atoms with Crippen LogP contribution < -0.4 is 0 Å². The molecule has 1 atom stereocenters. The van der Waals surface area contributed by atoms with Gasteiger partial charge >= 0.3 is 0 Å². The average molecular weight is 410 g/mol. The van der Waals surface area contributed by atoms with Crippen molar-refractivity contribution < 1.29 is 0 Å². The maximum absolute atomic E-state index is 6.51. The molecule has 4 heteroatoms. The van der Waals surface area contributed by atoms with E-state index in [9.17, 15) is 0 Å². The summed E-state index contributed by atoms with van der Waals surface area (Å²) in [5.74, 6) is 0. The van der Waals surface area contributed by atoms with Crippen LogP contribution in [0.15, 0.2) is 77.8 Å². The molecule has 1 aliphatic heterocycles. The molecule has 0 bridgehead atoms. The fourth-order valence-corrected chi connectivity index (χ4v) is 4.08. The molecule has 0 saturated carbocycles. The summed E-state index contributed by atoms with van der Waals surface area (Å²) in [6.07, 6.45) is 1.48. The van der Waals surface area contributed by atoms with Crippen molar-refractivity contribution in [2.75, 3.05) is 0 Å². The van der Waals surface area contributed by atoms with Crippen LogP contribution >= 0.6 is 35.4 Å². The standard InChI is InChI=1S/C23H17Cl2NS/c24-17-11-10-16-13-22(27)21(12-15-6-2-1-3-7-15)26-23(19(16)14-17)18-8-4-5-9-20(18)25/h1-11,14,21H,12-13H2. The number of benzene rings is 3. The van der Waals surface area contributed by atoms with Gasteiger partial charge in [0.1, 0.15) is 0 Å². The van der Waals surface area contributed by atoms with Gasteiger partial charge in [-0.05, 0) is 35.7 Å². The Bertz CT molecular complexity index is 1030. The Hall–Kier alpha value is -2.00. The van der Waals surface area contributed by atoms with Crippen molar-refractivity contribution in [3.05, 3.63) is 105 Å². The van der Waals surface area contributed by atoms with Gasteiger partial charge in [-0.15, -0.1) is 0 Å². The Labute approximate surface area is 174 Å². The van der Waals surface area contributed by atoms with Crippen molar-refractivity contribution in [2.24, 2.45) is 4.99 Å². The molecule has 27 heavy (non-hydrogen) atoms. The first-order valence-corrected chi connectivity index (χ1v) is 9.96. The molecular weight excluding hydrogens is 393 g/mol. The summed E-state index contributed by atoms with van der Waals surface area (Å²) in [5.41, 5.74) is 5.13. The van der Waals surface area contributed by atoms with Gasteiger partial charge in [0.15, 0.2) is 0 Å². The topological polar surface area (TPSA) is 12.4 Å². The van der Waals surface area contributed by atoms with E-state index in [1.54, 1.807) is 0 Å². The van der Waals surface area contributed by atoms with Crippen LogP contribution in [0.4, 0.5) is 0 Å². The lowest BCUT2D eigenvalue weighted by Gasteiger charge is -2.14. The molecule has 0 saturated heterocycles. The molecule has 0 aromatic heterocycles. The lowest BCUT2D eigenvalue weighted by molar-refractivity contribution is 0.854. The molecule has 1 heterocycles. The van der Waals surface area contributed by atoms with Crippen molar-refractivity contribution in [1.82, 2.24) is 0 Å². The molecule has 0 spiro atoms. The summed E-state index contributed by atoms with van der Waals surface area (Å²) < 4.78 is 0. The normalized spacial score (nSPS) is 16.4. The first kappa shape index (κ1) is 18.4. The van der Waals surface area contributed by atoms with Crippen LogP contribution in [0.2, 0.25) is 10.0 Å². The first-order valence-electron chi connectivity index (χ1n) is 8.80. The lowest BCUT2D eigenvalue weighted by atomic mass is 9.95. The minimum Gasteiger partial charge on any atom is -0.275 e. The summed E-state index contributed by atoms with van der Waals surface area (Å²) >= 11 is 18.6. The van der Waals surface area contributed by atoms with Crippen molar-refractivity contribution in [2.45, 2.75) is 18.9 Å². The molecule has 3 aromatic rings. The van der Waals surface area contributed by atoms with Gasteiger partial charge in [-0.1, -0.05) is 90.0 Å². The van der Waals surface area contributed by atoms with Crippen LogP contribution in [0.25, 0.3) is 0 Å².